The zero-order valence-corrected chi connectivity index (χ0v) is 19.8. The number of aromatic amines is 1. The molecule has 8 nitrogen and oxygen atoms in total. The highest BCUT2D eigenvalue weighted by molar-refractivity contribution is 6.03. The molecular formula is C27H32N5O3+. The number of H-pyrrole nitrogens is 1. The van der Waals surface area contributed by atoms with Crippen molar-refractivity contribution in [1.82, 2.24) is 10.4 Å². The van der Waals surface area contributed by atoms with Crippen LogP contribution in [-0.4, -0.2) is 42.3 Å². The smallest absolute Gasteiger partial charge is 0.319 e. The summed E-state index contributed by atoms with van der Waals surface area (Å²) in [6, 6.07) is 13.1. The Kier molecular flexibility index (Phi) is 6.47. The van der Waals surface area contributed by atoms with E-state index in [-0.39, 0.29) is 25.8 Å². The van der Waals surface area contributed by atoms with Gasteiger partial charge in [-0.05, 0) is 37.1 Å². The fraction of sp³-hybridized carbons (Fsp3) is 0.333. The van der Waals surface area contributed by atoms with Crippen molar-refractivity contribution < 1.29 is 19.0 Å². The topological polar surface area (TPSA) is 90.7 Å². The second kappa shape index (κ2) is 9.37. The number of hydrogen-bond donors (Lipinski definition) is 2. The first kappa shape index (κ1) is 24.2. The minimum absolute atomic E-state index is 0. The molecule has 2 aliphatic rings. The van der Waals surface area contributed by atoms with E-state index in [1.807, 2.05) is 25.1 Å². The van der Waals surface area contributed by atoms with Gasteiger partial charge in [0.15, 0.2) is 7.05 Å². The lowest BCUT2D eigenvalue weighted by atomic mass is 10.1. The quantitative estimate of drug-likeness (QED) is 0.569. The van der Waals surface area contributed by atoms with Crippen LogP contribution >= 0.6 is 0 Å². The molecule has 0 spiro atoms. The Hall–Kier alpha value is -3.94. The summed E-state index contributed by atoms with van der Waals surface area (Å²) in [4.78, 5) is 32.4. The number of hydrogen-bond acceptors (Lipinski definition) is 4. The Labute approximate surface area is 205 Å². The van der Waals surface area contributed by atoms with Crippen LogP contribution in [0.25, 0.3) is 0 Å². The number of aryl methyl sites for hydroxylation is 2. The lowest BCUT2D eigenvalue weighted by Gasteiger charge is -2.20. The number of fused-ring (bicyclic) bond motifs is 2. The van der Waals surface area contributed by atoms with Crippen LogP contribution in [0.4, 0.5) is 11.4 Å². The van der Waals surface area contributed by atoms with Crippen LogP contribution in [0, 0.1) is 6.92 Å². The average Bonchev–Trinajstić information content (AvgIpc) is 3.33. The molecule has 2 aliphatic heterocycles. The minimum atomic E-state index is -0.805. The van der Waals surface area contributed by atoms with Crippen molar-refractivity contribution in [1.29, 1.82) is 0 Å². The van der Waals surface area contributed by atoms with Gasteiger partial charge in [0.25, 0.3) is 11.6 Å². The average molecular weight is 475 g/mol. The van der Waals surface area contributed by atoms with Crippen LogP contribution < -0.4 is 19.6 Å². The molecule has 0 fully saturated rings. The first-order chi connectivity index (χ1) is 16.3. The molecule has 0 saturated carbocycles. The van der Waals surface area contributed by atoms with Gasteiger partial charge in [-0.1, -0.05) is 37.3 Å². The van der Waals surface area contributed by atoms with Gasteiger partial charge in [-0.2, -0.15) is 5.10 Å². The van der Waals surface area contributed by atoms with Gasteiger partial charge in [-0.15, -0.1) is 4.68 Å². The van der Waals surface area contributed by atoms with E-state index >= 15 is 0 Å². The molecule has 182 valence electrons. The number of aromatic nitrogens is 2. The third-order valence-electron chi connectivity index (χ3n) is 6.35. The molecule has 2 aromatic carbocycles. The Morgan fingerprint density at radius 1 is 1.23 bits per heavy atom. The summed E-state index contributed by atoms with van der Waals surface area (Å²) >= 11 is 0. The van der Waals surface area contributed by atoms with Gasteiger partial charge in [0, 0.05) is 31.7 Å². The SMILES string of the molecule is C.CC1=Nc2cc3c(cc2C1)OC[C@H](NC(=O)c1cc(Cc2ccc(C)cc2)[nH][n+]1C)C(=O)N3C. The van der Waals surface area contributed by atoms with Crippen LogP contribution in [-0.2, 0) is 24.7 Å². The minimum Gasteiger partial charge on any atom is -0.489 e. The maximum atomic E-state index is 13.2. The van der Waals surface area contributed by atoms with E-state index in [2.05, 4.69) is 46.6 Å². The fourth-order valence-corrected chi connectivity index (χ4v) is 4.48. The normalized spacial score (nSPS) is 16.5. The molecule has 0 bridgehead atoms. The Morgan fingerprint density at radius 3 is 2.71 bits per heavy atom. The van der Waals surface area contributed by atoms with Crippen LogP contribution in [0.1, 0.15) is 47.2 Å². The number of amides is 2. The predicted octanol–water partition coefficient (Wildman–Crippen LogP) is 3.18. The zero-order valence-electron chi connectivity index (χ0n) is 19.8. The molecule has 3 heterocycles. The van der Waals surface area contributed by atoms with Crippen LogP contribution in [0.5, 0.6) is 5.75 Å². The van der Waals surface area contributed by atoms with E-state index in [0.717, 1.165) is 34.6 Å². The molecule has 0 unspecified atom stereocenters. The van der Waals surface area contributed by atoms with Crippen molar-refractivity contribution in [3.05, 3.63) is 70.5 Å². The highest BCUT2D eigenvalue weighted by atomic mass is 16.5. The van der Waals surface area contributed by atoms with Crippen molar-refractivity contribution in [2.24, 2.45) is 12.0 Å². The van der Waals surface area contributed by atoms with Crippen molar-refractivity contribution >= 4 is 28.9 Å². The van der Waals surface area contributed by atoms with E-state index in [4.69, 9.17) is 4.74 Å². The van der Waals surface area contributed by atoms with E-state index in [1.54, 1.807) is 18.8 Å². The highest BCUT2D eigenvalue weighted by Gasteiger charge is 2.34. The third kappa shape index (κ3) is 4.69. The number of likely N-dealkylation sites (N-methyl/N-ethyl adjacent to an activating group) is 1. The molecule has 0 aliphatic carbocycles. The van der Waals surface area contributed by atoms with Gasteiger partial charge in [0.2, 0.25) is 0 Å². The van der Waals surface area contributed by atoms with Gasteiger partial charge >= 0.3 is 5.91 Å². The molecule has 0 radical (unpaired) electrons. The van der Waals surface area contributed by atoms with Gasteiger partial charge in [-0.3, -0.25) is 14.6 Å². The number of nitrogens with one attached hydrogen (secondary N) is 2. The summed E-state index contributed by atoms with van der Waals surface area (Å²) in [5.74, 6) is 0.0607. The number of carbonyl (C=O) groups is 2. The fourth-order valence-electron chi connectivity index (χ4n) is 4.48. The standard InChI is InChI=1S/C26H27N5O3.CH4/c1-15-5-7-17(8-6-15)10-19-12-23(31(4)29-19)25(32)28-21-14-34-24-11-18-9-16(2)27-20(18)13-22(24)30(3)26(21)33;/h5-8,11-13,21H,9-10,14H2,1-4H3,(H,28,32);1H4/p+1/t21-;/m0./s1. The summed E-state index contributed by atoms with van der Waals surface area (Å²) in [6.45, 7) is 4.10. The molecule has 1 aromatic heterocycles. The first-order valence-corrected chi connectivity index (χ1v) is 11.3. The molecular weight excluding hydrogens is 442 g/mol. The second-order valence-electron chi connectivity index (χ2n) is 9.09. The van der Waals surface area contributed by atoms with Crippen molar-refractivity contribution in [3.8, 4) is 5.75 Å². The molecule has 0 saturated heterocycles. The summed E-state index contributed by atoms with van der Waals surface area (Å²) in [5.41, 5.74) is 7.36. The second-order valence-corrected chi connectivity index (χ2v) is 9.09. The lowest BCUT2D eigenvalue weighted by molar-refractivity contribution is -0.728. The molecule has 2 amide bonds. The number of carbonyl (C=O) groups excluding carboxylic acids is 2. The molecule has 1 atom stereocenters. The Balaban J connectivity index is 0.00000289. The number of rotatable bonds is 4. The van der Waals surface area contributed by atoms with E-state index in [1.165, 1.54) is 10.5 Å². The summed E-state index contributed by atoms with van der Waals surface area (Å²) in [5, 5.41) is 6.07. The van der Waals surface area contributed by atoms with Crippen LogP contribution in [0.3, 0.4) is 0 Å². The molecule has 8 heteroatoms. The zero-order chi connectivity index (χ0) is 24.0. The number of benzene rings is 2. The largest absolute Gasteiger partial charge is 0.489 e. The number of aliphatic imine (C=N–C) groups is 1. The lowest BCUT2D eigenvalue weighted by Crippen LogP contribution is -2.51. The van der Waals surface area contributed by atoms with Gasteiger partial charge in [0.05, 0.1) is 17.1 Å². The number of anilines is 1. The van der Waals surface area contributed by atoms with Gasteiger partial charge in [-0.25, -0.2) is 0 Å². The first-order valence-electron chi connectivity index (χ1n) is 11.3. The summed E-state index contributed by atoms with van der Waals surface area (Å²) in [7, 11) is 3.48. The highest BCUT2D eigenvalue weighted by Crippen LogP contribution is 2.39. The summed E-state index contributed by atoms with van der Waals surface area (Å²) in [6.07, 6.45) is 1.45. The molecule has 5 rings (SSSR count). The van der Waals surface area contributed by atoms with Crippen molar-refractivity contribution in [3.63, 3.8) is 0 Å². The monoisotopic (exact) mass is 474 g/mol. The van der Waals surface area contributed by atoms with Crippen LogP contribution in [0.2, 0.25) is 0 Å². The Morgan fingerprint density at radius 2 is 1.97 bits per heavy atom. The van der Waals surface area contributed by atoms with Crippen molar-refractivity contribution in [2.75, 3.05) is 18.6 Å². The van der Waals surface area contributed by atoms with E-state index in [0.29, 0.717) is 23.6 Å². The Bertz CT molecular complexity index is 1320. The predicted molar refractivity (Wildman–Crippen MR) is 136 cm³/mol. The van der Waals surface area contributed by atoms with E-state index < -0.39 is 6.04 Å². The summed E-state index contributed by atoms with van der Waals surface area (Å²) < 4.78 is 7.65. The maximum Gasteiger partial charge on any atom is 0.319 e. The molecule has 35 heavy (non-hydrogen) atoms. The van der Waals surface area contributed by atoms with Gasteiger partial charge < -0.3 is 15.0 Å². The number of nitrogens with zero attached hydrogens (tertiary/aromatic N) is 3. The molecule has 2 N–H and O–H groups in total. The number of ether oxygens (including phenoxy) is 1. The third-order valence-corrected chi connectivity index (χ3v) is 6.35. The molecule has 3 aromatic rings. The van der Waals surface area contributed by atoms with Crippen molar-refractivity contribution in [2.45, 2.75) is 40.2 Å². The van der Waals surface area contributed by atoms with Crippen LogP contribution in [0.15, 0.2) is 47.5 Å². The maximum absolute atomic E-state index is 13.2. The van der Waals surface area contributed by atoms with E-state index in [9.17, 15) is 9.59 Å². The van der Waals surface area contributed by atoms with Gasteiger partial charge in [0.1, 0.15) is 18.4 Å².